The van der Waals surface area contributed by atoms with Crippen molar-refractivity contribution < 1.29 is 30.0 Å². The molecule has 0 saturated carbocycles. The van der Waals surface area contributed by atoms with Crippen LogP contribution in [0.15, 0.2) is 0 Å². The second kappa shape index (κ2) is 48.6. The predicted molar refractivity (Wildman–Crippen MR) is 297 cm³/mol. The zero-order chi connectivity index (χ0) is 51.1. The van der Waals surface area contributed by atoms with E-state index in [2.05, 4.69) is 48.1 Å². The molecule has 1 fully saturated rings. The molecular formula is C60H120N4O6. The van der Waals surface area contributed by atoms with Crippen LogP contribution in [0.4, 0.5) is 0 Å². The van der Waals surface area contributed by atoms with E-state index in [0.717, 1.165) is 116 Å². The van der Waals surface area contributed by atoms with Crippen molar-refractivity contribution in [2.75, 3.05) is 39.3 Å². The summed E-state index contributed by atoms with van der Waals surface area (Å²) in [7, 11) is 0. The van der Waals surface area contributed by atoms with Crippen LogP contribution in [-0.4, -0.2) is 118 Å². The van der Waals surface area contributed by atoms with Crippen molar-refractivity contribution >= 4 is 11.8 Å². The summed E-state index contributed by atoms with van der Waals surface area (Å²) >= 11 is 0. The number of piperazine rings is 1. The number of hydrogen-bond donors (Lipinski definition) is 6. The minimum atomic E-state index is -0.544. The van der Waals surface area contributed by atoms with E-state index >= 15 is 0 Å². The summed E-state index contributed by atoms with van der Waals surface area (Å²) in [6.45, 7) is 12.7. The van der Waals surface area contributed by atoms with E-state index < -0.39 is 36.5 Å². The van der Waals surface area contributed by atoms with Crippen molar-refractivity contribution in [3.63, 3.8) is 0 Å². The number of aliphatic hydroxyl groups is 4. The van der Waals surface area contributed by atoms with Gasteiger partial charge in [0.15, 0.2) is 0 Å². The number of unbranched alkanes of at least 4 members (excludes halogenated alkanes) is 30. The summed E-state index contributed by atoms with van der Waals surface area (Å²) in [6, 6.07) is -1.09. The second-order valence-electron chi connectivity index (χ2n) is 22.3. The highest BCUT2D eigenvalue weighted by Crippen LogP contribution is 2.18. The van der Waals surface area contributed by atoms with Gasteiger partial charge in [-0.15, -0.1) is 0 Å². The van der Waals surface area contributed by atoms with E-state index in [4.69, 9.17) is 0 Å². The maximum Gasteiger partial charge on any atom is 0.243 e. The fraction of sp³-hybridized carbons (Fsp3) is 0.967. The Labute approximate surface area is 433 Å². The van der Waals surface area contributed by atoms with Gasteiger partial charge in [-0.2, -0.15) is 0 Å². The Kier molecular flexibility index (Phi) is 46.3. The molecule has 0 spiro atoms. The summed E-state index contributed by atoms with van der Waals surface area (Å²) in [6.07, 6.45) is 45.6. The number of rotatable bonds is 54. The number of aliphatic hydroxyl groups excluding tert-OH is 4. The SMILES string of the molecule is CCCCCCCCCCC(O)CN(CCCC[C@@H]1NC(=O)[C@H](CCCCN(CC(O)CCCCCCCCCC)CC(O)CCCCCCCCCC)NC1=O)CC(O)CCCCCCCCCC. The Balaban J connectivity index is 2.60. The first-order valence-electron chi connectivity index (χ1n) is 30.9. The van der Waals surface area contributed by atoms with E-state index in [1.54, 1.807) is 0 Å². The van der Waals surface area contributed by atoms with Crippen molar-refractivity contribution in [3.8, 4) is 0 Å². The maximum absolute atomic E-state index is 13.3. The zero-order valence-corrected chi connectivity index (χ0v) is 46.9. The summed E-state index contributed by atoms with van der Waals surface area (Å²) in [4.78, 5) is 31.0. The molecule has 10 heteroatoms. The van der Waals surface area contributed by atoms with E-state index in [1.165, 1.54) is 154 Å². The molecule has 6 N–H and O–H groups in total. The van der Waals surface area contributed by atoms with Gasteiger partial charge in [0.1, 0.15) is 12.1 Å². The fourth-order valence-electron chi connectivity index (χ4n) is 10.6. The topological polar surface area (TPSA) is 146 Å². The Hall–Kier alpha value is -1.30. The Morgan fingerprint density at radius 3 is 0.771 bits per heavy atom. The first-order valence-corrected chi connectivity index (χ1v) is 30.9. The van der Waals surface area contributed by atoms with Crippen LogP contribution in [0.1, 0.15) is 297 Å². The number of carbonyl (C=O) groups is 2. The third-order valence-electron chi connectivity index (χ3n) is 15.1. The lowest BCUT2D eigenvalue weighted by molar-refractivity contribution is -0.137. The van der Waals surface area contributed by atoms with Crippen molar-refractivity contribution in [1.82, 2.24) is 20.4 Å². The Morgan fingerprint density at radius 1 is 0.329 bits per heavy atom. The van der Waals surface area contributed by atoms with Crippen molar-refractivity contribution in [3.05, 3.63) is 0 Å². The molecule has 1 saturated heterocycles. The number of nitrogens with zero attached hydrogens (tertiary/aromatic N) is 2. The molecule has 1 aliphatic rings. The quantitative estimate of drug-likeness (QED) is 0.0331. The molecule has 0 aliphatic carbocycles. The Bertz CT molecular complexity index is 1010. The highest BCUT2D eigenvalue weighted by atomic mass is 16.3. The first kappa shape index (κ1) is 66.7. The normalized spacial score (nSPS) is 17.1. The lowest BCUT2D eigenvalue weighted by Crippen LogP contribution is -2.61. The smallest absolute Gasteiger partial charge is 0.243 e. The van der Waals surface area contributed by atoms with Crippen LogP contribution in [0, 0.1) is 0 Å². The first-order chi connectivity index (χ1) is 34.1. The number of amides is 2. The van der Waals surface area contributed by atoms with Crippen LogP contribution < -0.4 is 10.6 Å². The fourth-order valence-corrected chi connectivity index (χ4v) is 10.6. The van der Waals surface area contributed by atoms with Crippen LogP contribution in [0.2, 0.25) is 0 Å². The summed E-state index contributed by atoms with van der Waals surface area (Å²) in [5.41, 5.74) is 0. The van der Waals surface area contributed by atoms with Crippen LogP contribution in [0.25, 0.3) is 0 Å². The van der Waals surface area contributed by atoms with Gasteiger partial charge in [0.25, 0.3) is 0 Å². The summed E-state index contributed by atoms with van der Waals surface area (Å²) in [5, 5.41) is 50.3. The lowest BCUT2D eigenvalue weighted by atomic mass is 10.0. The second-order valence-corrected chi connectivity index (χ2v) is 22.3. The van der Waals surface area contributed by atoms with Gasteiger partial charge < -0.3 is 31.1 Å². The average Bonchev–Trinajstić information content (AvgIpc) is 3.33. The Morgan fingerprint density at radius 2 is 0.543 bits per heavy atom. The molecule has 0 aromatic carbocycles. The lowest BCUT2D eigenvalue weighted by Gasteiger charge is -2.31. The molecule has 70 heavy (non-hydrogen) atoms. The molecule has 1 aliphatic heterocycles. The molecule has 10 nitrogen and oxygen atoms in total. The largest absolute Gasteiger partial charge is 0.392 e. The molecule has 1 rings (SSSR count). The minimum absolute atomic E-state index is 0.113. The zero-order valence-electron chi connectivity index (χ0n) is 46.9. The minimum Gasteiger partial charge on any atom is -0.392 e. The molecule has 4 unspecified atom stereocenters. The van der Waals surface area contributed by atoms with Crippen LogP contribution in [0.3, 0.4) is 0 Å². The molecule has 2 amide bonds. The molecule has 0 bridgehead atoms. The molecule has 0 aromatic rings. The molecule has 0 radical (unpaired) electrons. The number of nitrogens with one attached hydrogen (secondary N) is 2. The monoisotopic (exact) mass is 993 g/mol. The van der Waals surface area contributed by atoms with Crippen LogP contribution in [-0.2, 0) is 9.59 Å². The molecule has 6 atom stereocenters. The van der Waals surface area contributed by atoms with Crippen molar-refractivity contribution in [2.24, 2.45) is 0 Å². The van der Waals surface area contributed by atoms with Crippen LogP contribution >= 0.6 is 0 Å². The molecule has 0 aromatic heterocycles. The van der Waals surface area contributed by atoms with Crippen LogP contribution in [0.5, 0.6) is 0 Å². The van der Waals surface area contributed by atoms with Gasteiger partial charge in [0.2, 0.25) is 11.8 Å². The molecule has 416 valence electrons. The maximum atomic E-state index is 13.3. The number of hydrogen-bond acceptors (Lipinski definition) is 8. The summed E-state index contributed by atoms with van der Waals surface area (Å²) in [5.74, 6) is -0.226. The predicted octanol–water partition coefficient (Wildman–Crippen LogP) is 13.5. The van der Waals surface area contributed by atoms with Gasteiger partial charge in [-0.1, -0.05) is 233 Å². The van der Waals surface area contributed by atoms with Gasteiger partial charge in [0, 0.05) is 26.2 Å². The van der Waals surface area contributed by atoms with Crippen molar-refractivity contribution in [2.45, 2.75) is 334 Å². The van der Waals surface area contributed by atoms with Gasteiger partial charge in [-0.25, -0.2) is 0 Å². The van der Waals surface area contributed by atoms with Gasteiger partial charge in [0.05, 0.1) is 24.4 Å². The highest BCUT2D eigenvalue weighted by Gasteiger charge is 2.33. The highest BCUT2D eigenvalue weighted by molar-refractivity contribution is 5.96. The standard InChI is InChI=1S/C60H120N4O6/c1-5-9-13-17-21-25-29-33-41-53(65)49-63(50-54(66)42-34-30-26-22-18-14-10-6-2)47-39-37-45-57-59(69)62-58(60(70)61-57)46-38-40-48-64(51-55(67)43-35-31-27-23-19-15-11-7-3)52-56(68)44-36-32-28-24-20-16-12-8-4/h53-58,65-68H,5-52H2,1-4H3,(H,61,70)(H,62,69)/t53?,54?,55?,56?,57-,58-/m0/s1. The summed E-state index contributed by atoms with van der Waals surface area (Å²) < 4.78 is 0. The van der Waals surface area contributed by atoms with Gasteiger partial charge in [-0.05, 0) is 77.3 Å². The third kappa shape index (κ3) is 40.1. The molecular weight excluding hydrogens is 873 g/mol. The van der Waals surface area contributed by atoms with E-state index in [1.807, 2.05) is 0 Å². The van der Waals surface area contributed by atoms with E-state index in [0.29, 0.717) is 39.0 Å². The molecule has 1 heterocycles. The van der Waals surface area contributed by atoms with Gasteiger partial charge >= 0.3 is 0 Å². The van der Waals surface area contributed by atoms with E-state index in [9.17, 15) is 30.0 Å². The van der Waals surface area contributed by atoms with E-state index in [-0.39, 0.29) is 11.8 Å². The van der Waals surface area contributed by atoms with Gasteiger partial charge in [-0.3, -0.25) is 19.4 Å². The van der Waals surface area contributed by atoms with Crippen molar-refractivity contribution in [1.29, 1.82) is 0 Å². The third-order valence-corrected chi connectivity index (χ3v) is 15.1. The average molecular weight is 994 g/mol. The number of carbonyl (C=O) groups excluding carboxylic acids is 2.